The molecule has 0 amide bonds. The molecule has 106 valence electrons. The number of piperidine rings is 1. The van der Waals surface area contributed by atoms with Gasteiger partial charge in [-0.15, -0.1) is 0 Å². The van der Waals surface area contributed by atoms with Crippen LogP contribution in [0.4, 0.5) is 0 Å². The first-order chi connectivity index (χ1) is 8.71. The van der Waals surface area contributed by atoms with Gasteiger partial charge in [-0.25, -0.2) is 10.8 Å². The number of likely N-dealkylation sites (tertiary alicyclic amines) is 1. The third-order valence-corrected chi connectivity index (χ3v) is 4.31. The van der Waals surface area contributed by atoms with Crippen LogP contribution in [0.25, 0.3) is 0 Å². The van der Waals surface area contributed by atoms with Crippen LogP contribution in [0.3, 0.4) is 0 Å². The summed E-state index contributed by atoms with van der Waals surface area (Å²) in [4.78, 5) is 6.69. The zero-order valence-electron chi connectivity index (χ0n) is 12.0. The first kappa shape index (κ1) is 15.2. The fourth-order valence-electron chi connectivity index (χ4n) is 2.63. The highest BCUT2D eigenvalue weighted by molar-refractivity contribution is 5.79. The molecule has 0 aromatic rings. The number of aliphatic imine (C=N–C) groups is 1. The maximum absolute atomic E-state index is 5.56. The highest BCUT2D eigenvalue weighted by Crippen LogP contribution is 2.37. The molecule has 1 rings (SSSR count). The molecular formula is C13H28N4O. The number of nitrogens with one attached hydrogen (secondary N) is 1. The van der Waals surface area contributed by atoms with E-state index in [-0.39, 0.29) is 0 Å². The predicted molar refractivity (Wildman–Crippen MR) is 75.3 cm³/mol. The summed E-state index contributed by atoms with van der Waals surface area (Å²) in [5, 5.41) is 0. The van der Waals surface area contributed by atoms with Crippen molar-refractivity contribution in [3.63, 3.8) is 0 Å². The van der Waals surface area contributed by atoms with Gasteiger partial charge >= 0.3 is 0 Å². The first-order valence-electron chi connectivity index (χ1n) is 6.96. The minimum Gasteiger partial charge on any atom is -0.383 e. The molecule has 1 fully saturated rings. The fourth-order valence-corrected chi connectivity index (χ4v) is 2.63. The monoisotopic (exact) mass is 256 g/mol. The highest BCUT2D eigenvalue weighted by Gasteiger charge is 2.32. The number of hydrogen-bond donors (Lipinski definition) is 2. The Morgan fingerprint density at radius 3 is 2.39 bits per heavy atom. The van der Waals surface area contributed by atoms with Gasteiger partial charge in [0.2, 0.25) is 5.96 Å². The molecule has 0 aromatic carbocycles. The van der Waals surface area contributed by atoms with E-state index in [0.29, 0.717) is 18.6 Å². The molecular weight excluding hydrogens is 228 g/mol. The van der Waals surface area contributed by atoms with Crippen molar-refractivity contribution in [2.45, 2.75) is 39.5 Å². The molecule has 0 atom stereocenters. The number of nitrogens with two attached hydrogens (primary N) is 1. The number of rotatable bonds is 5. The quantitative estimate of drug-likeness (QED) is 0.256. The maximum Gasteiger partial charge on any atom is 0.208 e. The molecule has 5 nitrogen and oxygen atoms in total. The molecule has 1 heterocycles. The lowest BCUT2D eigenvalue weighted by Gasteiger charge is -2.41. The number of ether oxygens (including phenoxy) is 1. The van der Waals surface area contributed by atoms with Crippen LogP contribution < -0.4 is 11.3 Å². The standard InChI is InChI=1S/C13H28N4O/c1-4-13(5-2)6-9-17(10-7-13)12(16-14)15-8-11-18-3/h4-11,14H2,1-3H3,(H,15,16). The van der Waals surface area contributed by atoms with Gasteiger partial charge in [-0.05, 0) is 18.3 Å². The minimum absolute atomic E-state index is 0.530. The third kappa shape index (κ3) is 3.85. The second-order valence-electron chi connectivity index (χ2n) is 5.04. The summed E-state index contributed by atoms with van der Waals surface area (Å²) < 4.78 is 5.00. The molecule has 0 radical (unpaired) electrons. The zero-order chi connectivity index (χ0) is 13.4. The summed E-state index contributed by atoms with van der Waals surface area (Å²) >= 11 is 0. The van der Waals surface area contributed by atoms with Gasteiger partial charge in [-0.3, -0.25) is 5.43 Å². The van der Waals surface area contributed by atoms with E-state index in [1.807, 2.05) is 0 Å². The molecule has 0 spiro atoms. The Balaban J connectivity index is 2.51. The lowest BCUT2D eigenvalue weighted by atomic mass is 9.74. The van der Waals surface area contributed by atoms with Crippen LogP contribution in [-0.2, 0) is 4.74 Å². The smallest absolute Gasteiger partial charge is 0.208 e. The van der Waals surface area contributed by atoms with Crippen LogP contribution in [-0.4, -0.2) is 44.2 Å². The molecule has 0 saturated carbocycles. The summed E-state index contributed by atoms with van der Waals surface area (Å²) in [7, 11) is 1.68. The summed E-state index contributed by atoms with van der Waals surface area (Å²) in [5.41, 5.74) is 3.24. The van der Waals surface area contributed by atoms with Crippen molar-refractivity contribution in [2.24, 2.45) is 16.3 Å². The topological polar surface area (TPSA) is 62.9 Å². The number of guanidine groups is 1. The largest absolute Gasteiger partial charge is 0.383 e. The maximum atomic E-state index is 5.56. The number of hydrazine groups is 1. The van der Waals surface area contributed by atoms with Crippen LogP contribution in [0.2, 0.25) is 0 Å². The molecule has 0 aliphatic carbocycles. The van der Waals surface area contributed by atoms with Gasteiger partial charge in [0.25, 0.3) is 0 Å². The van der Waals surface area contributed by atoms with Crippen LogP contribution >= 0.6 is 0 Å². The Labute approximate surface area is 111 Å². The van der Waals surface area contributed by atoms with E-state index in [1.165, 1.54) is 25.7 Å². The van der Waals surface area contributed by atoms with Crippen molar-refractivity contribution in [1.29, 1.82) is 0 Å². The Hall–Kier alpha value is -0.810. The lowest BCUT2D eigenvalue weighted by molar-refractivity contribution is 0.133. The number of hydrogen-bond acceptors (Lipinski definition) is 3. The van der Waals surface area contributed by atoms with Crippen molar-refractivity contribution in [1.82, 2.24) is 10.3 Å². The minimum atomic E-state index is 0.530. The van der Waals surface area contributed by atoms with Gasteiger partial charge in [-0.1, -0.05) is 26.7 Å². The van der Waals surface area contributed by atoms with E-state index in [1.54, 1.807) is 7.11 Å². The van der Waals surface area contributed by atoms with Crippen molar-refractivity contribution in [2.75, 3.05) is 33.4 Å². The summed E-state index contributed by atoms with van der Waals surface area (Å²) in [6, 6.07) is 0. The van der Waals surface area contributed by atoms with Gasteiger partial charge in [0.05, 0.1) is 13.2 Å². The fraction of sp³-hybridized carbons (Fsp3) is 0.923. The molecule has 0 bridgehead atoms. The van der Waals surface area contributed by atoms with Crippen molar-refractivity contribution < 1.29 is 4.74 Å². The summed E-state index contributed by atoms with van der Waals surface area (Å²) in [6.07, 6.45) is 4.99. The first-order valence-corrected chi connectivity index (χ1v) is 6.96. The van der Waals surface area contributed by atoms with E-state index in [4.69, 9.17) is 10.6 Å². The molecule has 0 aromatic heterocycles. The van der Waals surface area contributed by atoms with Crippen LogP contribution in [0, 0.1) is 5.41 Å². The second-order valence-corrected chi connectivity index (χ2v) is 5.04. The Bertz CT molecular complexity index is 254. The zero-order valence-corrected chi connectivity index (χ0v) is 12.0. The van der Waals surface area contributed by atoms with E-state index in [2.05, 4.69) is 29.2 Å². The molecule has 1 aliphatic heterocycles. The van der Waals surface area contributed by atoms with Crippen LogP contribution in [0.1, 0.15) is 39.5 Å². The Kier molecular flexibility index (Phi) is 6.43. The number of nitrogens with zero attached hydrogens (tertiary/aromatic N) is 2. The molecule has 1 saturated heterocycles. The van der Waals surface area contributed by atoms with E-state index in [9.17, 15) is 0 Å². The summed E-state index contributed by atoms with van der Waals surface area (Å²) in [6.45, 7) is 7.96. The van der Waals surface area contributed by atoms with Crippen molar-refractivity contribution in [3.8, 4) is 0 Å². The normalized spacial score (nSPS) is 20.0. The van der Waals surface area contributed by atoms with Gasteiger partial charge < -0.3 is 9.64 Å². The van der Waals surface area contributed by atoms with Crippen LogP contribution in [0.15, 0.2) is 4.99 Å². The second kappa shape index (κ2) is 7.59. The predicted octanol–water partition coefficient (Wildman–Crippen LogP) is 1.35. The van der Waals surface area contributed by atoms with Gasteiger partial charge in [0.15, 0.2) is 0 Å². The van der Waals surface area contributed by atoms with E-state index in [0.717, 1.165) is 19.0 Å². The molecule has 1 aliphatic rings. The van der Waals surface area contributed by atoms with Crippen LogP contribution in [0.5, 0.6) is 0 Å². The molecule has 0 unspecified atom stereocenters. The van der Waals surface area contributed by atoms with Crippen molar-refractivity contribution in [3.05, 3.63) is 0 Å². The average molecular weight is 256 g/mol. The van der Waals surface area contributed by atoms with Gasteiger partial charge in [0, 0.05) is 20.2 Å². The Morgan fingerprint density at radius 1 is 1.33 bits per heavy atom. The highest BCUT2D eigenvalue weighted by atomic mass is 16.5. The molecule has 5 heteroatoms. The average Bonchev–Trinajstić information content (AvgIpc) is 2.44. The van der Waals surface area contributed by atoms with Gasteiger partial charge in [0.1, 0.15) is 0 Å². The Morgan fingerprint density at radius 2 is 1.94 bits per heavy atom. The molecule has 3 N–H and O–H groups in total. The lowest BCUT2D eigenvalue weighted by Crippen LogP contribution is -2.50. The SMILES string of the molecule is CCC1(CC)CCN(C(=NCCOC)NN)CC1. The van der Waals surface area contributed by atoms with Gasteiger partial charge in [-0.2, -0.15) is 0 Å². The molecule has 18 heavy (non-hydrogen) atoms. The van der Waals surface area contributed by atoms with E-state index >= 15 is 0 Å². The summed E-state index contributed by atoms with van der Waals surface area (Å²) in [5.74, 6) is 6.35. The van der Waals surface area contributed by atoms with E-state index < -0.39 is 0 Å². The number of methoxy groups -OCH3 is 1. The third-order valence-electron chi connectivity index (χ3n) is 4.31. The van der Waals surface area contributed by atoms with Crippen molar-refractivity contribution >= 4 is 5.96 Å².